The predicted molar refractivity (Wildman–Crippen MR) is 81.3 cm³/mol. The van der Waals surface area contributed by atoms with E-state index in [9.17, 15) is 25.5 Å². The summed E-state index contributed by atoms with van der Waals surface area (Å²) >= 11 is 0. The molecule has 2 rings (SSSR count). The summed E-state index contributed by atoms with van der Waals surface area (Å²) in [5.74, 6) is 0.268. The second-order valence-electron chi connectivity index (χ2n) is 6.87. The zero-order valence-electron chi connectivity index (χ0n) is 13.7. The molecule has 1 aliphatic carbocycles. The first-order chi connectivity index (χ1) is 10.8. The maximum atomic E-state index is 10.1. The van der Waals surface area contributed by atoms with Crippen molar-refractivity contribution in [2.75, 3.05) is 6.61 Å². The molecule has 0 aromatic heterocycles. The molecule has 8 atom stereocenters. The molecule has 7 heteroatoms. The summed E-state index contributed by atoms with van der Waals surface area (Å²) in [5.41, 5.74) is 0.788. The van der Waals surface area contributed by atoms with Gasteiger partial charge >= 0.3 is 0 Å². The smallest absolute Gasteiger partial charge is 0.187 e. The van der Waals surface area contributed by atoms with Crippen LogP contribution in [0.5, 0.6) is 0 Å². The van der Waals surface area contributed by atoms with Crippen molar-refractivity contribution < 1.29 is 35.0 Å². The number of aliphatic hydroxyl groups excluding tert-OH is 5. The number of aliphatic hydroxyl groups is 5. The molecule has 5 N–H and O–H groups in total. The van der Waals surface area contributed by atoms with E-state index in [2.05, 4.69) is 0 Å². The van der Waals surface area contributed by atoms with Crippen LogP contribution < -0.4 is 0 Å². The molecule has 0 radical (unpaired) electrons. The van der Waals surface area contributed by atoms with Crippen LogP contribution in [0.15, 0.2) is 11.6 Å². The van der Waals surface area contributed by atoms with Crippen LogP contribution in [0.2, 0.25) is 0 Å². The van der Waals surface area contributed by atoms with Gasteiger partial charge in [-0.05, 0) is 30.8 Å². The maximum absolute atomic E-state index is 10.1. The third-order valence-electron chi connectivity index (χ3n) is 4.87. The molecule has 0 aromatic carbocycles. The standard InChI is InChI=1S/C16H28O7/c1-7(2)9-5-10(18)8(3)4-11(9)22-16-15(21)14(20)13(19)12(6-17)23-16/h4,7,9-21H,5-6H2,1-3H3/t9-,10+,11+,12+,13+,14-,15+,16+/m0/s1. The SMILES string of the molecule is CC1=C[C@@H](O[C@@H]2O[C@H](CO)[C@@H](O)[C@H](O)[C@H]2O)[C@H](C(C)C)C[C@H]1O. The van der Waals surface area contributed by atoms with Gasteiger partial charge in [0.05, 0.1) is 18.8 Å². The van der Waals surface area contributed by atoms with Crippen LogP contribution in [0.4, 0.5) is 0 Å². The van der Waals surface area contributed by atoms with Crippen molar-refractivity contribution in [1.29, 1.82) is 0 Å². The number of rotatable bonds is 4. The molecular formula is C16H28O7. The predicted octanol–water partition coefficient (Wildman–Crippen LogP) is -0.845. The summed E-state index contributed by atoms with van der Waals surface area (Å²) < 4.78 is 11.2. The fraction of sp³-hybridized carbons (Fsp3) is 0.875. The molecular weight excluding hydrogens is 304 g/mol. The van der Waals surface area contributed by atoms with Crippen molar-refractivity contribution in [3.8, 4) is 0 Å². The lowest BCUT2D eigenvalue weighted by Gasteiger charge is -2.43. The second-order valence-corrected chi connectivity index (χ2v) is 6.87. The Hall–Kier alpha value is -0.540. The van der Waals surface area contributed by atoms with Crippen molar-refractivity contribution >= 4 is 0 Å². The van der Waals surface area contributed by atoms with Crippen molar-refractivity contribution in [3.05, 3.63) is 11.6 Å². The minimum absolute atomic E-state index is 0.0288. The highest BCUT2D eigenvalue weighted by Gasteiger charge is 2.45. The third-order valence-corrected chi connectivity index (χ3v) is 4.87. The topological polar surface area (TPSA) is 120 Å². The summed E-state index contributed by atoms with van der Waals surface area (Å²) in [4.78, 5) is 0. The summed E-state index contributed by atoms with van der Waals surface area (Å²) in [7, 11) is 0. The molecule has 0 unspecified atom stereocenters. The first-order valence-electron chi connectivity index (χ1n) is 8.08. The quantitative estimate of drug-likeness (QED) is 0.426. The van der Waals surface area contributed by atoms with E-state index in [-0.39, 0.29) is 17.9 Å². The number of ether oxygens (including phenoxy) is 2. The normalized spacial score (nSPS) is 45.2. The molecule has 1 fully saturated rings. The van der Waals surface area contributed by atoms with Crippen molar-refractivity contribution in [2.24, 2.45) is 11.8 Å². The fourth-order valence-electron chi connectivity index (χ4n) is 3.20. The molecule has 0 amide bonds. The highest BCUT2D eigenvalue weighted by molar-refractivity contribution is 5.14. The van der Waals surface area contributed by atoms with Gasteiger partial charge in [-0.3, -0.25) is 0 Å². The number of hydrogen-bond acceptors (Lipinski definition) is 7. The van der Waals surface area contributed by atoms with E-state index < -0.39 is 43.4 Å². The summed E-state index contributed by atoms with van der Waals surface area (Å²) in [5, 5.41) is 49.0. The minimum atomic E-state index is -1.46. The van der Waals surface area contributed by atoms with E-state index in [1.165, 1.54) is 0 Å². The van der Waals surface area contributed by atoms with E-state index in [0.29, 0.717) is 6.42 Å². The molecule has 1 heterocycles. The Balaban J connectivity index is 2.15. The largest absolute Gasteiger partial charge is 0.394 e. The summed E-state index contributed by atoms with van der Waals surface area (Å²) in [6.07, 6.45) is -4.98. The molecule has 134 valence electrons. The van der Waals surface area contributed by atoms with Crippen LogP contribution in [0.25, 0.3) is 0 Å². The molecule has 1 aliphatic heterocycles. The van der Waals surface area contributed by atoms with Gasteiger partial charge in [0.1, 0.15) is 24.4 Å². The van der Waals surface area contributed by atoms with Crippen LogP contribution in [0.1, 0.15) is 27.2 Å². The maximum Gasteiger partial charge on any atom is 0.187 e. The van der Waals surface area contributed by atoms with Crippen molar-refractivity contribution in [3.63, 3.8) is 0 Å². The second kappa shape index (κ2) is 7.57. The van der Waals surface area contributed by atoms with Crippen molar-refractivity contribution in [2.45, 2.75) is 70.1 Å². The van der Waals surface area contributed by atoms with Gasteiger partial charge in [-0.2, -0.15) is 0 Å². The van der Waals surface area contributed by atoms with E-state index in [0.717, 1.165) is 5.57 Å². The van der Waals surface area contributed by atoms with Crippen LogP contribution in [0, 0.1) is 11.8 Å². The van der Waals surface area contributed by atoms with Gasteiger partial charge in [-0.1, -0.05) is 19.9 Å². The van der Waals surface area contributed by atoms with Gasteiger partial charge in [-0.15, -0.1) is 0 Å². The first kappa shape index (κ1) is 18.8. The first-order valence-corrected chi connectivity index (χ1v) is 8.08. The molecule has 0 aromatic rings. The van der Waals surface area contributed by atoms with E-state index >= 15 is 0 Å². The summed E-state index contributed by atoms with van der Waals surface area (Å²) in [6, 6.07) is 0. The Labute approximate surface area is 136 Å². The Bertz CT molecular complexity index is 423. The number of hydrogen-bond donors (Lipinski definition) is 5. The zero-order valence-corrected chi connectivity index (χ0v) is 13.7. The highest BCUT2D eigenvalue weighted by Crippen LogP contribution is 2.34. The van der Waals surface area contributed by atoms with Gasteiger partial charge in [0.25, 0.3) is 0 Å². The molecule has 0 saturated carbocycles. The molecule has 0 bridgehead atoms. The monoisotopic (exact) mass is 332 g/mol. The molecule has 7 nitrogen and oxygen atoms in total. The van der Waals surface area contributed by atoms with Crippen molar-refractivity contribution in [1.82, 2.24) is 0 Å². The van der Waals surface area contributed by atoms with Crippen LogP contribution in [0.3, 0.4) is 0 Å². The Morgan fingerprint density at radius 2 is 1.83 bits per heavy atom. The summed E-state index contributed by atoms with van der Waals surface area (Å²) in [6.45, 7) is 5.37. The molecule has 2 aliphatic rings. The van der Waals surface area contributed by atoms with E-state index in [1.807, 2.05) is 20.8 Å². The zero-order chi connectivity index (χ0) is 17.3. The van der Waals surface area contributed by atoms with Gasteiger partial charge in [-0.25, -0.2) is 0 Å². The van der Waals surface area contributed by atoms with E-state index in [4.69, 9.17) is 9.47 Å². The minimum Gasteiger partial charge on any atom is -0.394 e. The molecule has 0 spiro atoms. The highest BCUT2D eigenvalue weighted by atomic mass is 16.7. The van der Waals surface area contributed by atoms with Gasteiger partial charge in [0, 0.05) is 0 Å². The lowest BCUT2D eigenvalue weighted by Crippen LogP contribution is -2.60. The Kier molecular flexibility index (Phi) is 6.18. The van der Waals surface area contributed by atoms with Gasteiger partial charge in [0.15, 0.2) is 6.29 Å². The lowest BCUT2D eigenvalue weighted by atomic mass is 9.79. The van der Waals surface area contributed by atoms with Crippen LogP contribution in [-0.4, -0.2) is 75.1 Å². The molecule has 1 saturated heterocycles. The third kappa shape index (κ3) is 3.93. The Morgan fingerprint density at radius 1 is 1.17 bits per heavy atom. The average molecular weight is 332 g/mol. The van der Waals surface area contributed by atoms with E-state index in [1.54, 1.807) is 6.08 Å². The van der Waals surface area contributed by atoms with Gasteiger partial charge in [0.2, 0.25) is 0 Å². The fourth-order valence-corrected chi connectivity index (χ4v) is 3.20. The van der Waals surface area contributed by atoms with Crippen LogP contribution in [-0.2, 0) is 9.47 Å². The molecule has 23 heavy (non-hydrogen) atoms. The average Bonchev–Trinajstić information content (AvgIpc) is 2.50. The Morgan fingerprint density at radius 3 is 2.39 bits per heavy atom. The lowest BCUT2D eigenvalue weighted by molar-refractivity contribution is -0.312. The van der Waals surface area contributed by atoms with Crippen LogP contribution >= 0.6 is 0 Å². The van der Waals surface area contributed by atoms with Gasteiger partial charge < -0.3 is 35.0 Å².